The van der Waals surface area contributed by atoms with Crippen LogP contribution in [-0.4, -0.2) is 17.8 Å². The van der Waals surface area contributed by atoms with Crippen molar-refractivity contribution in [1.29, 1.82) is 5.26 Å². The second kappa shape index (κ2) is 6.29. The molecule has 1 N–H and O–H groups in total. The Labute approximate surface area is 110 Å². The van der Waals surface area contributed by atoms with Gasteiger partial charge in [-0.25, -0.2) is 9.38 Å². The van der Waals surface area contributed by atoms with Crippen LogP contribution in [0.4, 0.5) is 23.2 Å². The van der Waals surface area contributed by atoms with Crippen molar-refractivity contribution in [2.75, 3.05) is 6.26 Å². The van der Waals surface area contributed by atoms with Crippen molar-refractivity contribution in [3.63, 3.8) is 0 Å². The number of rotatable bonds is 2. The first-order valence-electron chi connectivity index (χ1n) is 4.69. The Bertz CT molecular complexity index is 524. The second-order valence-electron chi connectivity index (χ2n) is 3.02. The molecule has 4 nitrogen and oxygen atoms in total. The molecule has 102 valence electrons. The number of aliphatic imine (C=N–C) groups is 1. The van der Waals surface area contributed by atoms with Crippen LogP contribution in [0.25, 0.3) is 0 Å². The van der Waals surface area contributed by atoms with Gasteiger partial charge in [0.05, 0.1) is 0 Å². The van der Waals surface area contributed by atoms with Gasteiger partial charge in [0, 0.05) is 6.07 Å². The van der Waals surface area contributed by atoms with Gasteiger partial charge in [-0.05, 0) is 18.4 Å². The smallest absolute Gasteiger partial charge is 0.406 e. The molecule has 0 saturated heterocycles. The number of nitrogens with zero attached hydrogens (tertiary/aromatic N) is 2. The predicted molar refractivity (Wildman–Crippen MR) is 62.4 cm³/mol. The fraction of sp³-hybridized carbons (Fsp3) is 0.200. The molecule has 9 heteroatoms. The molecule has 0 unspecified atom stereocenters. The molecular formula is C10H7F4N3OS. The SMILES string of the molecule is CSC(=Nc1ccc(OC(F)(F)F)cc1F)NC#N. The van der Waals surface area contributed by atoms with Crippen LogP contribution in [0.3, 0.4) is 0 Å². The average molecular weight is 293 g/mol. The molecule has 0 saturated carbocycles. The molecule has 0 heterocycles. The number of hydrogen-bond donors (Lipinski definition) is 1. The van der Waals surface area contributed by atoms with Crippen LogP contribution in [-0.2, 0) is 0 Å². The van der Waals surface area contributed by atoms with Gasteiger partial charge in [-0.2, -0.15) is 5.26 Å². The van der Waals surface area contributed by atoms with Crippen molar-refractivity contribution in [3.05, 3.63) is 24.0 Å². The number of alkyl halides is 3. The molecular weight excluding hydrogens is 286 g/mol. The first-order chi connectivity index (χ1) is 8.85. The number of benzene rings is 1. The molecule has 0 aliphatic rings. The van der Waals surface area contributed by atoms with Crippen molar-refractivity contribution >= 4 is 22.6 Å². The van der Waals surface area contributed by atoms with E-state index in [1.807, 2.05) is 0 Å². The van der Waals surface area contributed by atoms with Crippen molar-refractivity contribution in [3.8, 4) is 11.9 Å². The van der Waals surface area contributed by atoms with Gasteiger partial charge >= 0.3 is 6.36 Å². The van der Waals surface area contributed by atoms with Crippen LogP contribution in [0.1, 0.15) is 0 Å². The summed E-state index contributed by atoms with van der Waals surface area (Å²) in [5, 5.41) is 10.7. The number of amidine groups is 1. The van der Waals surface area contributed by atoms with Crippen LogP contribution in [0.5, 0.6) is 5.75 Å². The summed E-state index contributed by atoms with van der Waals surface area (Å²) in [7, 11) is 0. The minimum absolute atomic E-state index is 0.117. The first kappa shape index (κ1) is 15.1. The third-order valence-corrected chi connectivity index (χ3v) is 2.31. The van der Waals surface area contributed by atoms with Crippen molar-refractivity contribution in [1.82, 2.24) is 5.32 Å². The summed E-state index contributed by atoms with van der Waals surface area (Å²) in [6, 6.07) is 2.52. The number of halogens is 4. The van der Waals surface area contributed by atoms with Crippen LogP contribution in [0.15, 0.2) is 23.2 Å². The minimum atomic E-state index is -4.88. The molecule has 0 spiro atoms. The fourth-order valence-electron chi connectivity index (χ4n) is 1.06. The largest absolute Gasteiger partial charge is 0.573 e. The standard InChI is InChI=1S/C10H7F4N3OS/c1-19-9(16-5-15)17-8-3-2-6(4-7(8)11)18-10(12,13)14/h2-4H,1H3,(H,16,17). The number of ether oxygens (including phenoxy) is 1. The maximum absolute atomic E-state index is 13.5. The van der Waals surface area contributed by atoms with E-state index in [1.54, 1.807) is 12.4 Å². The zero-order valence-corrected chi connectivity index (χ0v) is 10.3. The maximum Gasteiger partial charge on any atom is 0.573 e. The maximum atomic E-state index is 13.5. The lowest BCUT2D eigenvalue weighted by Gasteiger charge is -2.09. The second-order valence-corrected chi connectivity index (χ2v) is 3.81. The van der Waals surface area contributed by atoms with E-state index >= 15 is 0 Å². The van der Waals surface area contributed by atoms with E-state index in [-0.39, 0.29) is 10.9 Å². The zero-order chi connectivity index (χ0) is 14.5. The zero-order valence-electron chi connectivity index (χ0n) is 9.45. The Balaban J connectivity index is 2.98. The van der Waals surface area contributed by atoms with E-state index in [4.69, 9.17) is 5.26 Å². The van der Waals surface area contributed by atoms with E-state index in [9.17, 15) is 17.6 Å². The number of nitriles is 1. The fourth-order valence-corrected chi connectivity index (χ4v) is 1.39. The van der Waals surface area contributed by atoms with E-state index in [2.05, 4.69) is 15.0 Å². The summed E-state index contributed by atoms with van der Waals surface area (Å²) >= 11 is 1.05. The highest BCUT2D eigenvalue weighted by Crippen LogP contribution is 2.28. The number of nitrogens with one attached hydrogen (secondary N) is 1. The summed E-state index contributed by atoms with van der Waals surface area (Å²) in [5.74, 6) is -1.67. The van der Waals surface area contributed by atoms with Crippen LogP contribution in [0, 0.1) is 17.3 Å². The molecule has 0 radical (unpaired) electrons. The lowest BCUT2D eigenvalue weighted by atomic mass is 10.3. The van der Waals surface area contributed by atoms with Gasteiger partial charge < -0.3 is 4.74 Å². The monoisotopic (exact) mass is 293 g/mol. The van der Waals surface area contributed by atoms with Gasteiger partial charge in [0.15, 0.2) is 17.2 Å². The van der Waals surface area contributed by atoms with Crippen molar-refractivity contribution < 1.29 is 22.3 Å². The summed E-state index contributed by atoms with van der Waals surface area (Å²) in [6.07, 6.45) is -1.68. The highest BCUT2D eigenvalue weighted by molar-refractivity contribution is 8.13. The molecule has 0 aliphatic heterocycles. The van der Waals surface area contributed by atoms with Gasteiger partial charge in [0.2, 0.25) is 0 Å². The third-order valence-electron chi connectivity index (χ3n) is 1.73. The van der Waals surface area contributed by atoms with E-state index in [0.29, 0.717) is 6.07 Å². The molecule has 0 amide bonds. The summed E-state index contributed by atoms with van der Waals surface area (Å²) in [6.45, 7) is 0. The van der Waals surface area contributed by atoms with Crippen LogP contribution < -0.4 is 10.1 Å². The lowest BCUT2D eigenvalue weighted by Crippen LogP contribution is -2.17. The van der Waals surface area contributed by atoms with Crippen molar-refractivity contribution in [2.24, 2.45) is 4.99 Å². The number of thioether (sulfide) groups is 1. The molecule has 0 bridgehead atoms. The van der Waals surface area contributed by atoms with Crippen molar-refractivity contribution in [2.45, 2.75) is 6.36 Å². The molecule has 1 aromatic rings. The van der Waals surface area contributed by atoms with Gasteiger partial charge in [-0.3, -0.25) is 5.32 Å². The quantitative estimate of drug-likeness (QED) is 0.299. The molecule has 0 aromatic heterocycles. The molecule has 1 rings (SSSR count). The number of hydrogen-bond acceptors (Lipinski definition) is 4. The highest BCUT2D eigenvalue weighted by Gasteiger charge is 2.31. The minimum Gasteiger partial charge on any atom is -0.406 e. The predicted octanol–water partition coefficient (Wildman–Crippen LogP) is 3.15. The molecule has 19 heavy (non-hydrogen) atoms. The first-order valence-corrected chi connectivity index (χ1v) is 5.91. The lowest BCUT2D eigenvalue weighted by molar-refractivity contribution is -0.274. The Morgan fingerprint density at radius 2 is 2.16 bits per heavy atom. The van der Waals surface area contributed by atoms with Crippen LogP contribution in [0.2, 0.25) is 0 Å². The molecule has 0 atom stereocenters. The molecule has 0 aliphatic carbocycles. The molecule has 0 fully saturated rings. The Morgan fingerprint density at radius 1 is 1.47 bits per heavy atom. The van der Waals surface area contributed by atoms with Gasteiger partial charge in [0.1, 0.15) is 11.4 Å². The highest BCUT2D eigenvalue weighted by atomic mass is 32.2. The van der Waals surface area contributed by atoms with Gasteiger partial charge in [-0.1, -0.05) is 11.8 Å². The van der Waals surface area contributed by atoms with Crippen LogP contribution >= 0.6 is 11.8 Å². The normalized spacial score (nSPS) is 11.9. The van der Waals surface area contributed by atoms with E-state index in [0.717, 1.165) is 23.9 Å². The molecule has 1 aromatic carbocycles. The Hall–Kier alpha value is -1.95. The summed E-state index contributed by atoms with van der Waals surface area (Å²) < 4.78 is 52.8. The van der Waals surface area contributed by atoms with Gasteiger partial charge in [0.25, 0.3) is 0 Å². The Morgan fingerprint density at radius 3 is 2.63 bits per heavy atom. The van der Waals surface area contributed by atoms with E-state index in [1.165, 1.54) is 0 Å². The van der Waals surface area contributed by atoms with E-state index < -0.39 is 17.9 Å². The summed E-state index contributed by atoms with van der Waals surface area (Å²) in [5.41, 5.74) is -0.207. The van der Waals surface area contributed by atoms with Gasteiger partial charge in [-0.15, -0.1) is 13.2 Å². The summed E-state index contributed by atoms with van der Waals surface area (Å²) in [4.78, 5) is 3.74. The topological polar surface area (TPSA) is 57.4 Å². The third kappa shape index (κ3) is 5.05. The average Bonchev–Trinajstić information content (AvgIpc) is 2.29. The Kier molecular flexibility index (Phi) is 5.00.